The van der Waals surface area contributed by atoms with Crippen LogP contribution in [0.2, 0.25) is 0 Å². The highest BCUT2D eigenvalue weighted by molar-refractivity contribution is 8.00. The number of carboxylic acids is 1. The molecule has 0 radical (unpaired) electrons. The summed E-state index contributed by atoms with van der Waals surface area (Å²) >= 11 is 2.23. The second-order valence-corrected chi connectivity index (χ2v) is 10.9. The van der Waals surface area contributed by atoms with E-state index in [4.69, 9.17) is 10.6 Å². The van der Waals surface area contributed by atoms with Crippen LogP contribution in [0.3, 0.4) is 0 Å². The van der Waals surface area contributed by atoms with Gasteiger partial charge in [0.25, 0.3) is 11.8 Å². The van der Waals surface area contributed by atoms with Crippen molar-refractivity contribution in [2.75, 3.05) is 11.5 Å². The number of hydrogen-bond donors (Lipinski definition) is 3. The Morgan fingerprint density at radius 3 is 2.84 bits per heavy atom. The van der Waals surface area contributed by atoms with Crippen LogP contribution in [0.15, 0.2) is 41.0 Å². The molecule has 2 atom stereocenters. The Morgan fingerprint density at radius 2 is 2.16 bits per heavy atom. The number of nitrogens with one attached hydrogen (secondary N) is 1. The molecule has 0 spiro atoms. The summed E-state index contributed by atoms with van der Waals surface area (Å²) in [5.74, 6) is -2.49. The number of aromatic nitrogens is 3. The molecular formula is C23H25N7O6S2. The molecule has 13 nitrogen and oxygen atoms in total. The lowest BCUT2D eigenvalue weighted by atomic mass is 10.0. The van der Waals surface area contributed by atoms with E-state index in [1.807, 2.05) is 0 Å². The van der Waals surface area contributed by atoms with E-state index in [1.165, 1.54) is 11.8 Å². The standard InChI is InChI=1S/C23H25N7O6S2/c24-23-26-18(28-38-23)15(27-36-14-5-1-2-6-14)19(32)25-16-20(33)30-17(22(34)35)13(11-37-21(16)30)9-29-7-3-4-12(8-29)10-31/h3-4,7-8,14,16,21,31H,1-2,5-6,9-11H2,(H3-,24,25,26,28,32,34,35)/t16?,21-/m1/s1. The molecule has 2 aromatic rings. The topological polar surface area (TPSA) is 187 Å². The molecule has 1 saturated heterocycles. The van der Waals surface area contributed by atoms with Gasteiger partial charge < -0.3 is 30.9 Å². The summed E-state index contributed by atoms with van der Waals surface area (Å²) in [6, 6.07) is 2.50. The average Bonchev–Trinajstić information content (AvgIpc) is 3.59. The normalized spacial score (nSPS) is 21.8. The van der Waals surface area contributed by atoms with Crippen molar-refractivity contribution >= 4 is 51.9 Å². The molecular weight excluding hydrogens is 534 g/mol. The number of rotatable bonds is 9. The molecule has 0 bridgehead atoms. The number of aliphatic hydroxyl groups is 1. The monoisotopic (exact) mass is 559 g/mol. The first-order chi connectivity index (χ1) is 18.4. The second kappa shape index (κ2) is 11.0. The van der Waals surface area contributed by atoms with Gasteiger partial charge in [-0.15, -0.1) is 11.8 Å². The van der Waals surface area contributed by atoms with Crippen LogP contribution < -0.4 is 20.7 Å². The molecule has 1 unspecified atom stereocenters. The molecule has 1 aliphatic carbocycles. The van der Waals surface area contributed by atoms with Crippen LogP contribution in [0, 0.1) is 0 Å². The molecule has 1 saturated carbocycles. The fraction of sp³-hybridized carbons (Fsp3) is 0.435. The molecule has 3 aliphatic rings. The third-order valence-corrected chi connectivity index (χ3v) is 8.35. The number of nitrogens with two attached hydrogens (primary N) is 1. The van der Waals surface area contributed by atoms with Crippen molar-refractivity contribution in [2.45, 2.75) is 56.4 Å². The van der Waals surface area contributed by atoms with Gasteiger partial charge in [-0.25, -0.2) is 4.57 Å². The number of carboxylic acid groups (broad SMARTS) is 1. The number of β-lactam (4-membered cyclic amide) rings is 1. The highest BCUT2D eigenvalue weighted by atomic mass is 32.2. The number of nitrogens with zero attached hydrogens (tertiary/aromatic N) is 5. The van der Waals surface area contributed by atoms with Gasteiger partial charge in [0.2, 0.25) is 11.5 Å². The van der Waals surface area contributed by atoms with Gasteiger partial charge in [-0.1, -0.05) is 5.16 Å². The van der Waals surface area contributed by atoms with Crippen molar-refractivity contribution in [3.63, 3.8) is 0 Å². The number of carbonyl (C=O) groups is 3. The van der Waals surface area contributed by atoms with Crippen molar-refractivity contribution in [1.82, 2.24) is 19.6 Å². The highest BCUT2D eigenvalue weighted by Crippen LogP contribution is 2.40. The Bertz CT molecular complexity index is 1320. The van der Waals surface area contributed by atoms with Crippen LogP contribution in [0.25, 0.3) is 0 Å². The Kier molecular flexibility index (Phi) is 7.58. The first kappa shape index (κ1) is 26.1. The molecule has 2 aromatic heterocycles. The van der Waals surface area contributed by atoms with Gasteiger partial charge in [-0.2, -0.15) is 9.36 Å². The molecule has 2 amide bonds. The SMILES string of the molecule is Nc1nc(C(=NOC2CCCC2)C(=O)NC2C(=O)N3C(C(=O)[O-])=C(C[n+]4cccc(CO)c4)CS[C@H]23)ns1. The number of nitrogen functional groups attached to an aromatic ring is 1. The van der Waals surface area contributed by atoms with E-state index in [1.54, 1.807) is 29.1 Å². The van der Waals surface area contributed by atoms with Gasteiger partial charge >= 0.3 is 0 Å². The Hall–Kier alpha value is -3.56. The third kappa shape index (κ3) is 5.21. The van der Waals surface area contributed by atoms with Gasteiger partial charge in [0.1, 0.15) is 17.5 Å². The van der Waals surface area contributed by atoms with E-state index < -0.39 is 29.2 Å². The van der Waals surface area contributed by atoms with Crippen LogP contribution in [0.1, 0.15) is 37.1 Å². The number of hydrogen-bond acceptors (Lipinski definition) is 12. The molecule has 38 heavy (non-hydrogen) atoms. The molecule has 4 heterocycles. The van der Waals surface area contributed by atoms with Gasteiger partial charge in [0.15, 0.2) is 24.1 Å². The number of amides is 2. The minimum absolute atomic E-state index is 0.0114. The largest absolute Gasteiger partial charge is 0.543 e. The van der Waals surface area contributed by atoms with Crippen LogP contribution in [-0.2, 0) is 32.4 Å². The van der Waals surface area contributed by atoms with E-state index in [0.717, 1.165) is 42.1 Å². The van der Waals surface area contributed by atoms with E-state index in [-0.39, 0.29) is 41.6 Å². The number of aliphatic hydroxyl groups excluding tert-OH is 1. The molecule has 200 valence electrons. The zero-order valence-electron chi connectivity index (χ0n) is 20.1. The van der Waals surface area contributed by atoms with Crippen LogP contribution in [0.5, 0.6) is 0 Å². The number of oxime groups is 1. The number of pyridine rings is 1. The van der Waals surface area contributed by atoms with Crippen LogP contribution >= 0.6 is 23.3 Å². The maximum atomic E-state index is 13.2. The number of thioether (sulfide) groups is 1. The summed E-state index contributed by atoms with van der Waals surface area (Å²) in [4.78, 5) is 49.1. The molecule has 2 aliphatic heterocycles. The van der Waals surface area contributed by atoms with E-state index in [0.29, 0.717) is 16.9 Å². The van der Waals surface area contributed by atoms with Crippen molar-refractivity contribution in [2.24, 2.45) is 5.16 Å². The summed E-state index contributed by atoms with van der Waals surface area (Å²) in [7, 11) is 0. The second-order valence-electron chi connectivity index (χ2n) is 9.05. The lowest BCUT2D eigenvalue weighted by molar-refractivity contribution is -0.689. The van der Waals surface area contributed by atoms with Crippen molar-refractivity contribution in [3.05, 3.63) is 47.2 Å². The first-order valence-electron chi connectivity index (χ1n) is 12.0. The maximum Gasteiger partial charge on any atom is 0.278 e. The Morgan fingerprint density at radius 1 is 1.37 bits per heavy atom. The zero-order chi connectivity index (χ0) is 26.8. The Labute approximate surface area is 225 Å². The van der Waals surface area contributed by atoms with Gasteiger partial charge in [-0.3, -0.25) is 14.5 Å². The predicted molar refractivity (Wildman–Crippen MR) is 134 cm³/mol. The van der Waals surface area contributed by atoms with E-state index in [9.17, 15) is 24.6 Å². The summed E-state index contributed by atoms with van der Waals surface area (Å²) in [5, 5.41) is 27.6. The Balaban J connectivity index is 1.33. The third-order valence-electron chi connectivity index (χ3n) is 6.47. The van der Waals surface area contributed by atoms with Crippen molar-refractivity contribution in [1.29, 1.82) is 0 Å². The zero-order valence-corrected chi connectivity index (χ0v) is 21.7. The molecule has 2 fully saturated rings. The molecule has 5 rings (SSSR count). The summed E-state index contributed by atoms with van der Waals surface area (Å²) in [6.45, 7) is 0.0416. The number of fused-ring (bicyclic) bond motifs is 1. The highest BCUT2D eigenvalue weighted by Gasteiger charge is 2.53. The molecule has 4 N–H and O–H groups in total. The summed E-state index contributed by atoms with van der Waals surface area (Å²) in [5.41, 5.74) is 6.42. The van der Waals surface area contributed by atoms with Gasteiger partial charge in [-0.05, 0) is 31.7 Å². The lowest BCUT2D eigenvalue weighted by Crippen LogP contribution is -2.71. The fourth-order valence-electron chi connectivity index (χ4n) is 4.63. The number of aliphatic carboxylic acids is 1. The van der Waals surface area contributed by atoms with Crippen LogP contribution in [-0.4, -0.2) is 66.1 Å². The number of carbonyl (C=O) groups excluding carboxylic acids is 3. The van der Waals surface area contributed by atoms with E-state index in [2.05, 4.69) is 19.8 Å². The quantitative estimate of drug-likeness (QED) is 0.144. The minimum Gasteiger partial charge on any atom is -0.543 e. The maximum absolute atomic E-state index is 13.2. The average molecular weight is 560 g/mol. The summed E-state index contributed by atoms with van der Waals surface area (Å²) < 4.78 is 5.78. The molecule has 0 aromatic carbocycles. The van der Waals surface area contributed by atoms with Crippen LogP contribution in [0.4, 0.5) is 5.13 Å². The molecule has 15 heteroatoms. The van der Waals surface area contributed by atoms with Gasteiger partial charge in [0.05, 0.1) is 18.3 Å². The first-order valence-corrected chi connectivity index (χ1v) is 13.8. The van der Waals surface area contributed by atoms with E-state index >= 15 is 0 Å². The minimum atomic E-state index is -1.48. The number of anilines is 1. The predicted octanol–water partition coefficient (Wildman–Crippen LogP) is -1.33. The fourth-order valence-corrected chi connectivity index (χ4v) is 6.40. The summed E-state index contributed by atoms with van der Waals surface area (Å²) in [6.07, 6.45) is 6.99. The lowest BCUT2D eigenvalue weighted by Gasteiger charge is -2.50. The van der Waals surface area contributed by atoms with Gasteiger partial charge in [0, 0.05) is 34.5 Å². The smallest absolute Gasteiger partial charge is 0.278 e. The van der Waals surface area contributed by atoms with Crippen molar-refractivity contribution in [3.8, 4) is 0 Å². The van der Waals surface area contributed by atoms with Crippen molar-refractivity contribution < 1.29 is 34.0 Å².